The van der Waals surface area contributed by atoms with Crippen LogP contribution in [0.15, 0.2) is 30.6 Å². The van der Waals surface area contributed by atoms with E-state index in [0.29, 0.717) is 0 Å². The van der Waals surface area contributed by atoms with Crippen LogP contribution in [0.3, 0.4) is 0 Å². The van der Waals surface area contributed by atoms with E-state index in [1.54, 1.807) is 0 Å². The van der Waals surface area contributed by atoms with Crippen molar-refractivity contribution in [2.75, 3.05) is 12.4 Å². The predicted octanol–water partition coefficient (Wildman–Crippen LogP) is 3.13. The molecular formula is C16H12F3N5O2. The maximum absolute atomic E-state index is 12.9. The van der Waals surface area contributed by atoms with Gasteiger partial charge in [-0.3, -0.25) is 5.41 Å². The number of aromatic amines is 1. The second kappa shape index (κ2) is 6.14. The van der Waals surface area contributed by atoms with Crippen molar-refractivity contribution in [3.05, 3.63) is 53.0 Å². The van der Waals surface area contributed by atoms with Gasteiger partial charge >= 0.3 is 12.1 Å². The summed E-state index contributed by atoms with van der Waals surface area (Å²) in [5, 5.41) is 20.0. The molecular weight excluding hydrogens is 351 g/mol. The summed E-state index contributed by atoms with van der Waals surface area (Å²) in [6.45, 7) is 0. The molecule has 0 bridgehead atoms. The number of carbonyl (C=O) groups is 1. The summed E-state index contributed by atoms with van der Waals surface area (Å²) in [6.07, 6.45) is -2.02. The van der Waals surface area contributed by atoms with Crippen molar-refractivity contribution in [2.45, 2.75) is 6.18 Å². The molecule has 7 nitrogen and oxygen atoms in total. The Morgan fingerprint density at radius 2 is 2.04 bits per heavy atom. The number of carboxylic acids is 1. The van der Waals surface area contributed by atoms with Crippen molar-refractivity contribution < 1.29 is 23.1 Å². The van der Waals surface area contributed by atoms with Crippen molar-refractivity contribution in [3.8, 4) is 0 Å². The molecule has 26 heavy (non-hydrogen) atoms. The number of halogens is 3. The van der Waals surface area contributed by atoms with E-state index < -0.39 is 17.7 Å². The molecule has 10 heteroatoms. The fourth-order valence-electron chi connectivity index (χ4n) is 2.46. The summed E-state index contributed by atoms with van der Waals surface area (Å²) in [5.41, 5.74) is -0.522. The zero-order valence-corrected chi connectivity index (χ0v) is 13.3. The van der Waals surface area contributed by atoms with Gasteiger partial charge in [0.1, 0.15) is 16.8 Å². The minimum absolute atomic E-state index is 0.0378. The van der Waals surface area contributed by atoms with Crippen LogP contribution in [0.25, 0.3) is 11.2 Å². The standard InChI is InChI=1S/C16H12F3N5O2/c1-21-10-4-7(16(17,18)19)2-3-8(10)12(20)11-6-23-14-13(24-11)9(5-22-14)15(25)26/h2-6,20-21H,1H3,(H,22,23)(H,25,26). The van der Waals surface area contributed by atoms with Crippen molar-refractivity contribution in [1.29, 1.82) is 5.41 Å². The van der Waals surface area contributed by atoms with E-state index in [-0.39, 0.29) is 39.4 Å². The molecule has 0 aliphatic heterocycles. The topological polar surface area (TPSA) is 115 Å². The molecule has 2 heterocycles. The Labute approximate surface area is 144 Å². The summed E-state index contributed by atoms with van der Waals surface area (Å²) in [7, 11) is 1.44. The molecule has 0 unspecified atom stereocenters. The Morgan fingerprint density at radius 1 is 1.31 bits per heavy atom. The second-order valence-electron chi connectivity index (χ2n) is 5.34. The molecule has 0 aliphatic rings. The normalized spacial score (nSPS) is 11.5. The zero-order chi connectivity index (χ0) is 19.1. The van der Waals surface area contributed by atoms with Gasteiger partial charge in [-0.05, 0) is 12.1 Å². The molecule has 0 atom stereocenters. The Morgan fingerprint density at radius 3 is 2.65 bits per heavy atom. The molecule has 1 aromatic carbocycles. The summed E-state index contributed by atoms with van der Waals surface area (Å²) in [5.74, 6) is -1.21. The first-order valence-corrected chi connectivity index (χ1v) is 7.28. The van der Waals surface area contributed by atoms with Crippen LogP contribution in [0.5, 0.6) is 0 Å². The van der Waals surface area contributed by atoms with Crippen LogP contribution < -0.4 is 5.32 Å². The third-order valence-corrected chi connectivity index (χ3v) is 3.75. The predicted molar refractivity (Wildman–Crippen MR) is 87.8 cm³/mol. The molecule has 3 aromatic rings. The minimum atomic E-state index is -4.51. The third-order valence-electron chi connectivity index (χ3n) is 3.75. The maximum atomic E-state index is 12.9. The molecule has 134 valence electrons. The lowest BCUT2D eigenvalue weighted by Crippen LogP contribution is -2.11. The number of nitrogens with zero attached hydrogens (tertiary/aromatic N) is 2. The molecule has 0 saturated heterocycles. The highest BCUT2D eigenvalue weighted by Crippen LogP contribution is 2.32. The number of fused-ring (bicyclic) bond motifs is 1. The number of aromatic carboxylic acids is 1. The van der Waals surface area contributed by atoms with Gasteiger partial charge in [-0.1, -0.05) is 6.07 Å². The van der Waals surface area contributed by atoms with E-state index in [9.17, 15) is 18.0 Å². The molecule has 0 spiro atoms. The second-order valence-corrected chi connectivity index (χ2v) is 5.34. The molecule has 4 N–H and O–H groups in total. The average molecular weight is 363 g/mol. The summed E-state index contributed by atoms with van der Waals surface area (Å²) < 4.78 is 38.6. The van der Waals surface area contributed by atoms with Crippen LogP contribution in [0.2, 0.25) is 0 Å². The highest BCUT2D eigenvalue weighted by Gasteiger charge is 2.31. The van der Waals surface area contributed by atoms with Gasteiger partial charge in [0.2, 0.25) is 0 Å². The first kappa shape index (κ1) is 17.4. The van der Waals surface area contributed by atoms with Gasteiger partial charge < -0.3 is 15.4 Å². The summed E-state index contributed by atoms with van der Waals surface area (Å²) in [4.78, 5) is 22.0. The minimum Gasteiger partial charge on any atom is -0.478 e. The molecule has 0 aliphatic carbocycles. The van der Waals surface area contributed by atoms with Crippen molar-refractivity contribution >= 4 is 28.5 Å². The van der Waals surface area contributed by atoms with Gasteiger partial charge in [-0.15, -0.1) is 0 Å². The largest absolute Gasteiger partial charge is 0.478 e. The number of hydrogen-bond acceptors (Lipinski definition) is 5. The SMILES string of the molecule is CNc1cc(C(F)(F)F)ccc1C(=N)c1cnc2[nH]cc(C(=O)O)c2n1. The highest BCUT2D eigenvalue weighted by atomic mass is 19.4. The number of rotatable bonds is 4. The van der Waals surface area contributed by atoms with Gasteiger partial charge in [0.05, 0.1) is 17.5 Å². The van der Waals surface area contributed by atoms with Crippen molar-refractivity contribution in [1.82, 2.24) is 15.0 Å². The Hall–Kier alpha value is -3.43. The first-order valence-electron chi connectivity index (χ1n) is 7.28. The van der Waals surface area contributed by atoms with Crippen molar-refractivity contribution in [2.24, 2.45) is 0 Å². The molecule has 0 amide bonds. The Kier molecular flexibility index (Phi) is 4.10. The number of benzene rings is 1. The maximum Gasteiger partial charge on any atom is 0.416 e. The van der Waals surface area contributed by atoms with Crippen LogP contribution in [-0.2, 0) is 6.18 Å². The number of anilines is 1. The van der Waals surface area contributed by atoms with E-state index in [0.717, 1.165) is 18.2 Å². The van der Waals surface area contributed by atoms with Crippen LogP contribution in [0, 0.1) is 5.41 Å². The number of H-pyrrole nitrogens is 1. The average Bonchev–Trinajstić information content (AvgIpc) is 3.03. The summed E-state index contributed by atoms with van der Waals surface area (Å²) in [6, 6.07) is 2.93. The van der Waals surface area contributed by atoms with E-state index in [4.69, 9.17) is 10.5 Å². The monoisotopic (exact) mass is 363 g/mol. The number of nitrogens with one attached hydrogen (secondary N) is 3. The van der Waals surface area contributed by atoms with E-state index in [1.807, 2.05) is 0 Å². The summed E-state index contributed by atoms with van der Waals surface area (Å²) >= 11 is 0. The van der Waals surface area contributed by atoms with E-state index in [1.165, 1.54) is 19.4 Å². The third kappa shape index (κ3) is 2.96. The number of aromatic nitrogens is 3. The lowest BCUT2D eigenvalue weighted by Gasteiger charge is -2.14. The van der Waals surface area contributed by atoms with E-state index in [2.05, 4.69) is 20.3 Å². The molecule has 2 aromatic heterocycles. The number of hydrogen-bond donors (Lipinski definition) is 4. The molecule has 3 rings (SSSR count). The van der Waals surface area contributed by atoms with E-state index >= 15 is 0 Å². The van der Waals surface area contributed by atoms with Crippen LogP contribution in [-0.4, -0.2) is 38.8 Å². The molecule has 0 saturated carbocycles. The molecule has 0 fully saturated rings. The number of alkyl halides is 3. The smallest absolute Gasteiger partial charge is 0.416 e. The lowest BCUT2D eigenvalue weighted by atomic mass is 10.0. The van der Waals surface area contributed by atoms with Crippen LogP contribution in [0.4, 0.5) is 18.9 Å². The van der Waals surface area contributed by atoms with Crippen molar-refractivity contribution in [3.63, 3.8) is 0 Å². The first-order chi connectivity index (χ1) is 12.2. The Bertz CT molecular complexity index is 1030. The quantitative estimate of drug-likeness (QED) is 0.532. The van der Waals surface area contributed by atoms with Gasteiger partial charge in [-0.2, -0.15) is 13.2 Å². The fraction of sp³-hybridized carbons (Fsp3) is 0.125. The Balaban J connectivity index is 2.08. The van der Waals surface area contributed by atoms with Gasteiger partial charge in [0, 0.05) is 24.5 Å². The molecule has 0 radical (unpaired) electrons. The zero-order valence-electron chi connectivity index (χ0n) is 13.3. The van der Waals surface area contributed by atoms with Gasteiger partial charge in [0.15, 0.2) is 5.65 Å². The van der Waals surface area contributed by atoms with Crippen LogP contribution >= 0.6 is 0 Å². The van der Waals surface area contributed by atoms with Gasteiger partial charge in [-0.25, -0.2) is 14.8 Å². The lowest BCUT2D eigenvalue weighted by molar-refractivity contribution is -0.137. The fourth-order valence-corrected chi connectivity index (χ4v) is 2.46. The van der Waals surface area contributed by atoms with Gasteiger partial charge in [0.25, 0.3) is 0 Å². The number of carboxylic acid groups (broad SMARTS) is 1. The van der Waals surface area contributed by atoms with Crippen LogP contribution in [0.1, 0.15) is 27.2 Å². The highest BCUT2D eigenvalue weighted by molar-refractivity contribution is 6.13.